The molecule has 7 rings (SSSR count). The number of anilines is 2. The summed E-state index contributed by atoms with van der Waals surface area (Å²) in [6.45, 7) is 10.7. The first kappa shape index (κ1) is 39.4. The number of benzene rings is 3. The van der Waals surface area contributed by atoms with Crippen molar-refractivity contribution < 1.29 is 42.1 Å². The molecule has 0 bridgehead atoms. The zero-order chi connectivity index (χ0) is 40.0. The largest absolute Gasteiger partial charge is 0.488 e. The zero-order valence-corrected chi connectivity index (χ0v) is 33.9. The molecule has 2 saturated heterocycles. The normalized spacial score (nSPS) is 18.9. The Hall–Kier alpha value is -4.79. The molecular formula is C42H49F2N3O8Si. The average molecular weight is 790 g/mol. The van der Waals surface area contributed by atoms with Gasteiger partial charge < -0.3 is 33.2 Å². The fourth-order valence-corrected chi connectivity index (χ4v) is 8.02. The van der Waals surface area contributed by atoms with Crippen LogP contribution < -0.4 is 20.0 Å². The second kappa shape index (κ2) is 15.3. The third kappa shape index (κ3) is 8.62. The van der Waals surface area contributed by atoms with Crippen molar-refractivity contribution in [2.75, 3.05) is 36.0 Å². The van der Waals surface area contributed by atoms with Crippen molar-refractivity contribution in [3.8, 4) is 5.75 Å². The molecule has 4 aromatic rings. The molecule has 1 saturated carbocycles. The van der Waals surface area contributed by atoms with Gasteiger partial charge in [0.1, 0.15) is 36.3 Å². The van der Waals surface area contributed by atoms with Crippen LogP contribution in [0.3, 0.4) is 0 Å². The van der Waals surface area contributed by atoms with Crippen molar-refractivity contribution in [1.82, 2.24) is 4.57 Å². The van der Waals surface area contributed by atoms with Crippen molar-refractivity contribution in [2.45, 2.75) is 95.3 Å². The minimum Gasteiger partial charge on any atom is -0.488 e. The first-order chi connectivity index (χ1) is 26.5. The zero-order valence-electron chi connectivity index (χ0n) is 32.5. The van der Waals surface area contributed by atoms with E-state index in [4.69, 9.17) is 18.6 Å². The van der Waals surface area contributed by atoms with Crippen LogP contribution in [0.25, 0.3) is 10.9 Å². The topological polar surface area (TPSA) is 120 Å². The smallest absolute Gasteiger partial charge is 0.414 e. The van der Waals surface area contributed by atoms with Crippen LogP contribution >= 0.6 is 0 Å². The van der Waals surface area contributed by atoms with Crippen LogP contribution in [-0.2, 0) is 20.5 Å². The van der Waals surface area contributed by atoms with Crippen molar-refractivity contribution in [1.29, 1.82) is 0 Å². The molecule has 2 aliphatic heterocycles. The Kier molecular flexibility index (Phi) is 10.8. The first-order valence-corrected chi connectivity index (χ1v) is 20.4. The molecule has 3 heterocycles. The second-order valence-electron chi connectivity index (χ2n) is 16.9. The van der Waals surface area contributed by atoms with Crippen LogP contribution in [0.5, 0.6) is 5.75 Å². The number of halogens is 2. The van der Waals surface area contributed by atoms with Crippen molar-refractivity contribution in [2.24, 2.45) is 0 Å². The van der Waals surface area contributed by atoms with Gasteiger partial charge in [0.25, 0.3) is 0 Å². The molecule has 0 radical (unpaired) electrons. The molecule has 298 valence electrons. The number of ether oxygens (including phenoxy) is 3. The van der Waals surface area contributed by atoms with Gasteiger partial charge >= 0.3 is 12.1 Å². The Bertz CT molecular complexity index is 2180. The Morgan fingerprint density at radius 2 is 1.70 bits per heavy atom. The molecule has 0 spiro atoms. The van der Waals surface area contributed by atoms with Gasteiger partial charge in [0, 0.05) is 36.8 Å². The van der Waals surface area contributed by atoms with Gasteiger partial charge in [-0.2, -0.15) is 0 Å². The quantitative estimate of drug-likeness (QED) is 0.122. The highest BCUT2D eigenvalue weighted by Gasteiger charge is 2.43. The monoisotopic (exact) mass is 789 g/mol. The number of rotatable bonds is 12. The minimum atomic E-state index is -1.31. The van der Waals surface area contributed by atoms with Crippen LogP contribution in [0.2, 0.25) is 5.04 Å². The number of esters is 1. The lowest BCUT2D eigenvalue weighted by Gasteiger charge is -2.39. The van der Waals surface area contributed by atoms with Gasteiger partial charge in [0.2, 0.25) is 5.43 Å². The average Bonchev–Trinajstić information content (AvgIpc) is 3.93. The predicted molar refractivity (Wildman–Crippen MR) is 211 cm³/mol. The maximum atomic E-state index is 15.8. The van der Waals surface area contributed by atoms with Gasteiger partial charge in [-0.3, -0.25) is 9.69 Å². The molecule has 3 aliphatic rings. The lowest BCUT2D eigenvalue weighted by Crippen LogP contribution is -2.48. The van der Waals surface area contributed by atoms with Gasteiger partial charge in [-0.05, 0) is 74.4 Å². The van der Waals surface area contributed by atoms with E-state index < -0.39 is 56.2 Å². The van der Waals surface area contributed by atoms with Gasteiger partial charge in [-0.1, -0.05) is 51.1 Å². The molecule has 14 heteroatoms. The standard InChI is InChI=1S/C42H49F2N3O8Si/c1-40(2,3)56-55-41(4,5)36-23-47(39(50)54-36)28-13-14-35(32(44)19-28)53-25-42(51)15-17-45(18-16-42)34-21-33-29(20-31(34)43)37(48)30(22-46(33)27-11-12-27)38(49)52-24-26-9-7-6-8-10-26/h6-10,13-14,19-22,27,36,51H,11-12,15-18,23-25,56H2,1-5H3. The number of piperidine rings is 1. The summed E-state index contributed by atoms with van der Waals surface area (Å²) in [5, 5.41) is 11.6. The van der Waals surface area contributed by atoms with E-state index >= 15 is 8.78 Å². The number of aliphatic hydroxyl groups is 1. The fourth-order valence-electron chi connectivity index (χ4n) is 7.03. The lowest BCUT2D eigenvalue weighted by atomic mass is 9.92. The lowest BCUT2D eigenvalue weighted by molar-refractivity contribution is -0.0250. The Morgan fingerprint density at radius 3 is 2.36 bits per heavy atom. The maximum absolute atomic E-state index is 15.8. The molecule has 3 aromatic carbocycles. The third-order valence-corrected chi connectivity index (χ3v) is 12.5. The van der Waals surface area contributed by atoms with E-state index in [9.17, 15) is 19.5 Å². The van der Waals surface area contributed by atoms with E-state index in [1.165, 1.54) is 29.3 Å². The van der Waals surface area contributed by atoms with Crippen molar-refractivity contribution in [3.63, 3.8) is 0 Å². The Balaban J connectivity index is 0.988. The molecule has 1 aromatic heterocycles. The molecule has 1 atom stereocenters. The van der Waals surface area contributed by atoms with E-state index in [1.54, 1.807) is 12.1 Å². The third-order valence-electron chi connectivity index (χ3n) is 10.7. The summed E-state index contributed by atoms with van der Waals surface area (Å²) in [6.07, 6.45) is 2.56. The SMILES string of the molecule is CC(C)(C)[SiH2]OC(C)(C)C1CN(c2ccc(OCC3(O)CCN(c4cc5c(cc4F)c(=O)c(C(=O)OCc4ccccc4)cn5C4CC4)CC3)c(F)c2)C(=O)O1. The second-order valence-corrected chi connectivity index (χ2v) is 19.6. The number of carbonyl (C=O) groups excluding carboxylic acids is 2. The van der Waals surface area contributed by atoms with E-state index in [-0.39, 0.29) is 79.2 Å². The fraction of sp³-hybridized carbons (Fsp3) is 0.452. The van der Waals surface area contributed by atoms with Crippen molar-refractivity contribution >= 4 is 44.1 Å². The molecule has 3 fully saturated rings. The number of hydrogen-bond acceptors (Lipinski definition) is 9. The Labute approximate surface area is 327 Å². The molecular weight excluding hydrogens is 741 g/mol. The summed E-state index contributed by atoms with van der Waals surface area (Å²) >= 11 is 0. The highest BCUT2D eigenvalue weighted by atomic mass is 28.2. The number of hydrogen-bond donors (Lipinski definition) is 1. The van der Waals surface area contributed by atoms with E-state index in [2.05, 4.69) is 20.8 Å². The molecule has 1 aliphatic carbocycles. The molecule has 1 amide bonds. The first-order valence-electron chi connectivity index (χ1n) is 19.1. The summed E-state index contributed by atoms with van der Waals surface area (Å²) in [4.78, 5) is 42.5. The van der Waals surface area contributed by atoms with Crippen LogP contribution in [0.1, 0.15) is 82.3 Å². The molecule has 56 heavy (non-hydrogen) atoms. The van der Waals surface area contributed by atoms with Crippen LogP contribution in [-0.4, -0.2) is 75.0 Å². The number of amides is 1. The van der Waals surface area contributed by atoms with Gasteiger partial charge in [0.05, 0.1) is 29.0 Å². The van der Waals surface area contributed by atoms with Gasteiger partial charge in [-0.15, -0.1) is 0 Å². The minimum absolute atomic E-state index is 0.00690. The van der Waals surface area contributed by atoms with Crippen LogP contribution in [0.4, 0.5) is 25.0 Å². The van der Waals surface area contributed by atoms with E-state index in [0.29, 0.717) is 11.2 Å². The highest BCUT2D eigenvalue weighted by Crippen LogP contribution is 2.39. The van der Waals surface area contributed by atoms with Crippen molar-refractivity contribution in [3.05, 3.63) is 99.8 Å². The maximum Gasteiger partial charge on any atom is 0.414 e. The van der Waals surface area contributed by atoms with Crippen LogP contribution in [0, 0.1) is 11.6 Å². The summed E-state index contributed by atoms with van der Waals surface area (Å²) in [7, 11) is -0.908. The van der Waals surface area contributed by atoms with Gasteiger partial charge in [0.15, 0.2) is 21.3 Å². The van der Waals surface area contributed by atoms with E-state index in [0.717, 1.165) is 18.4 Å². The number of fused-ring (bicyclic) bond motifs is 1. The number of cyclic esters (lactones) is 1. The predicted octanol–water partition coefficient (Wildman–Crippen LogP) is 6.80. The molecule has 1 N–H and O–H groups in total. The number of aromatic nitrogens is 1. The molecule has 11 nitrogen and oxygen atoms in total. The molecule has 1 unspecified atom stereocenters. The number of pyridine rings is 1. The summed E-state index contributed by atoms with van der Waals surface area (Å²) < 4.78 is 56.1. The summed E-state index contributed by atoms with van der Waals surface area (Å²) in [6, 6.07) is 16.3. The Morgan fingerprint density at radius 1 is 0.982 bits per heavy atom. The highest BCUT2D eigenvalue weighted by molar-refractivity contribution is 6.31. The van der Waals surface area contributed by atoms with Gasteiger partial charge in [-0.25, -0.2) is 18.4 Å². The summed E-state index contributed by atoms with van der Waals surface area (Å²) in [5.41, 5.74) is -0.836. The van der Waals surface area contributed by atoms with E-state index in [1.807, 2.05) is 53.6 Å². The number of nitrogens with zero attached hydrogens (tertiary/aromatic N) is 3. The summed E-state index contributed by atoms with van der Waals surface area (Å²) in [5.74, 6) is -2.15. The number of carbonyl (C=O) groups is 2. The van der Waals surface area contributed by atoms with Crippen LogP contribution in [0.15, 0.2) is 71.7 Å².